The minimum absolute atomic E-state index is 0.0614. The molecule has 3 aliphatic rings. The molecule has 2 spiro atoms. The van der Waals surface area contributed by atoms with E-state index in [4.69, 9.17) is 4.74 Å². The largest absolute Gasteiger partial charge is 0.376 e. The van der Waals surface area contributed by atoms with Crippen LogP contribution in [-0.4, -0.2) is 24.8 Å². The number of hydrogen-bond donors (Lipinski definition) is 0. The fraction of sp³-hybridized carbons (Fsp3) is 0.364. The summed E-state index contributed by atoms with van der Waals surface area (Å²) in [4.78, 5) is 0. The van der Waals surface area contributed by atoms with Crippen molar-refractivity contribution in [1.82, 2.24) is 4.57 Å². The Labute approximate surface area is 282 Å². The first-order valence-corrected chi connectivity index (χ1v) is 20.5. The highest BCUT2D eigenvalue weighted by atomic mass is 28.3. The lowest BCUT2D eigenvalue weighted by Gasteiger charge is -2.68. The first-order valence-electron chi connectivity index (χ1n) is 17.8. The van der Waals surface area contributed by atoms with Crippen LogP contribution in [0.2, 0.25) is 12.6 Å². The third-order valence-electron chi connectivity index (χ3n) is 12.2. The maximum absolute atomic E-state index is 6.08. The van der Waals surface area contributed by atoms with Crippen molar-refractivity contribution >= 4 is 24.5 Å². The van der Waals surface area contributed by atoms with Crippen LogP contribution in [0.3, 0.4) is 0 Å². The van der Waals surface area contributed by atoms with Gasteiger partial charge < -0.3 is 9.30 Å². The van der Waals surface area contributed by atoms with E-state index in [1.165, 1.54) is 69.7 Å². The summed E-state index contributed by atoms with van der Waals surface area (Å²) in [6, 6.07) is 38.5. The molecule has 0 N–H and O–H groups in total. The second kappa shape index (κ2) is 10.9. The van der Waals surface area contributed by atoms with Crippen LogP contribution in [0.15, 0.2) is 103 Å². The van der Waals surface area contributed by atoms with Crippen molar-refractivity contribution in [2.45, 2.75) is 88.1 Å². The van der Waals surface area contributed by atoms with Gasteiger partial charge in [0.2, 0.25) is 0 Å². The molecule has 2 aliphatic carbocycles. The zero-order valence-corrected chi connectivity index (χ0v) is 30.1. The quantitative estimate of drug-likeness (QED) is 0.122. The standard InChI is InChI=1S/C44H49NOSi/c1-31-24-25-39-35(28-31)40-41(45(39)5)34-21-13-15-23-38(34)44(40)30-43(47(44,6)27-17-8-7-16-26-46-42(2,3)4)29-36(32-18-10-9-11-19-32)33-20-12-14-22-37(33)43/h9-15,18-25,28-29H,7-8,16-17,26-27,30H2,1-6H3. The lowest BCUT2D eigenvalue weighted by Crippen LogP contribution is -2.77. The maximum atomic E-state index is 6.08. The monoisotopic (exact) mass is 635 g/mol. The number of nitrogens with zero attached hydrogens (tertiary/aromatic N) is 1. The Morgan fingerprint density at radius 3 is 2.23 bits per heavy atom. The van der Waals surface area contributed by atoms with Crippen LogP contribution in [-0.2, 0) is 21.9 Å². The molecule has 0 saturated carbocycles. The van der Waals surface area contributed by atoms with Gasteiger partial charge in [0.15, 0.2) is 0 Å². The average Bonchev–Trinajstić information content (AvgIpc) is 3.67. The van der Waals surface area contributed by atoms with E-state index in [9.17, 15) is 0 Å². The molecule has 2 heterocycles. The summed E-state index contributed by atoms with van der Waals surface area (Å²) in [5.74, 6) is 0. The lowest BCUT2D eigenvalue weighted by atomic mass is 9.79. The van der Waals surface area contributed by atoms with Gasteiger partial charge in [-0.25, -0.2) is 0 Å². The van der Waals surface area contributed by atoms with E-state index in [-0.39, 0.29) is 15.7 Å². The van der Waals surface area contributed by atoms with Crippen LogP contribution in [0, 0.1) is 6.92 Å². The highest BCUT2D eigenvalue weighted by Crippen LogP contribution is 2.74. The molecule has 1 saturated heterocycles. The SMILES string of the molecule is Cc1ccc2c(c1)c1c(n2C)-c2ccccc2C12CC1(C=C(c3ccccc3)c3ccccc31)[Si]2(C)CCCCCCOC(C)(C)C. The van der Waals surface area contributed by atoms with E-state index in [1.807, 2.05) is 0 Å². The van der Waals surface area contributed by atoms with Crippen molar-refractivity contribution in [3.05, 3.63) is 137 Å². The number of aromatic nitrogens is 1. The van der Waals surface area contributed by atoms with Gasteiger partial charge >= 0.3 is 0 Å². The normalized spacial score (nSPS) is 24.0. The Balaban J connectivity index is 1.29. The zero-order chi connectivity index (χ0) is 32.6. The van der Waals surface area contributed by atoms with E-state index in [2.05, 4.69) is 149 Å². The Morgan fingerprint density at radius 2 is 1.47 bits per heavy atom. The van der Waals surface area contributed by atoms with Crippen molar-refractivity contribution in [3.8, 4) is 11.3 Å². The van der Waals surface area contributed by atoms with Gasteiger partial charge in [0, 0.05) is 40.2 Å². The molecule has 0 radical (unpaired) electrons. The molecular weight excluding hydrogens is 587 g/mol. The van der Waals surface area contributed by atoms with Crippen LogP contribution in [0.4, 0.5) is 0 Å². The number of ether oxygens (including phenoxy) is 1. The number of rotatable bonds is 8. The summed E-state index contributed by atoms with van der Waals surface area (Å²) in [6.07, 6.45) is 8.85. The molecule has 1 aliphatic heterocycles. The van der Waals surface area contributed by atoms with Crippen molar-refractivity contribution in [2.75, 3.05) is 6.61 Å². The molecule has 0 bridgehead atoms. The van der Waals surface area contributed by atoms with Gasteiger partial charge in [-0.3, -0.25) is 0 Å². The van der Waals surface area contributed by atoms with E-state index in [1.54, 1.807) is 16.7 Å². The number of aryl methyl sites for hydroxylation is 2. The second-order valence-electron chi connectivity index (χ2n) is 15.8. The Hall–Kier alpha value is -3.66. The van der Waals surface area contributed by atoms with Gasteiger partial charge in [-0.15, -0.1) is 0 Å². The molecule has 0 amide bonds. The molecule has 47 heavy (non-hydrogen) atoms. The third kappa shape index (κ3) is 4.32. The molecule has 8 rings (SSSR count). The molecule has 1 fully saturated rings. The van der Waals surface area contributed by atoms with Crippen molar-refractivity contribution in [1.29, 1.82) is 0 Å². The first-order chi connectivity index (χ1) is 22.6. The van der Waals surface area contributed by atoms with Crippen molar-refractivity contribution in [3.63, 3.8) is 0 Å². The fourth-order valence-electron chi connectivity index (χ4n) is 10.1. The average molecular weight is 636 g/mol. The van der Waals surface area contributed by atoms with Gasteiger partial charge in [-0.2, -0.15) is 0 Å². The van der Waals surface area contributed by atoms with Gasteiger partial charge in [-0.1, -0.05) is 128 Å². The lowest BCUT2D eigenvalue weighted by molar-refractivity contribution is -0.00471. The molecule has 3 heteroatoms. The van der Waals surface area contributed by atoms with Gasteiger partial charge in [0.1, 0.15) is 0 Å². The molecule has 3 atom stereocenters. The number of hydrogen-bond acceptors (Lipinski definition) is 1. The second-order valence-corrected chi connectivity index (χ2v) is 20.7. The molecule has 4 aromatic carbocycles. The summed E-state index contributed by atoms with van der Waals surface area (Å²) in [7, 11) is 0.103. The van der Waals surface area contributed by atoms with E-state index < -0.39 is 8.07 Å². The maximum Gasteiger partial charge on any atom is 0.0831 e. The number of unbranched alkanes of at least 4 members (excludes halogenated alkanes) is 3. The highest BCUT2D eigenvalue weighted by Gasteiger charge is 2.76. The molecule has 240 valence electrons. The topological polar surface area (TPSA) is 14.2 Å². The number of allylic oxidation sites excluding steroid dienone is 1. The van der Waals surface area contributed by atoms with Crippen LogP contribution in [0.1, 0.15) is 86.3 Å². The highest BCUT2D eigenvalue weighted by molar-refractivity contribution is 6.89. The summed E-state index contributed by atoms with van der Waals surface area (Å²) in [6.45, 7) is 12.4. The van der Waals surface area contributed by atoms with E-state index in [0.29, 0.717) is 0 Å². The Kier molecular flexibility index (Phi) is 7.13. The Bertz CT molecular complexity index is 2030. The molecule has 2 nitrogen and oxygen atoms in total. The summed E-state index contributed by atoms with van der Waals surface area (Å²) in [5, 5.41) is 1.63. The first kappa shape index (κ1) is 30.7. The predicted octanol–water partition coefficient (Wildman–Crippen LogP) is 11.1. The molecule has 5 aromatic rings. The van der Waals surface area contributed by atoms with Crippen LogP contribution in [0.5, 0.6) is 0 Å². The third-order valence-corrected chi connectivity index (χ3v) is 18.7. The summed E-state index contributed by atoms with van der Waals surface area (Å²) < 4.78 is 8.60. The Morgan fingerprint density at radius 1 is 0.787 bits per heavy atom. The van der Waals surface area contributed by atoms with Crippen molar-refractivity contribution < 1.29 is 4.74 Å². The van der Waals surface area contributed by atoms with E-state index in [0.717, 1.165) is 19.4 Å². The summed E-state index contributed by atoms with van der Waals surface area (Å²) in [5.41, 5.74) is 14.6. The number of fused-ring (bicyclic) bond motifs is 9. The van der Waals surface area contributed by atoms with Crippen LogP contribution in [0.25, 0.3) is 27.7 Å². The number of benzene rings is 4. The van der Waals surface area contributed by atoms with Crippen LogP contribution >= 0.6 is 0 Å². The van der Waals surface area contributed by atoms with Gasteiger partial charge in [-0.05, 0) is 86.1 Å². The molecular formula is C44H49NOSi. The smallest absolute Gasteiger partial charge is 0.0831 e. The van der Waals surface area contributed by atoms with Gasteiger partial charge in [0.25, 0.3) is 0 Å². The fourth-order valence-corrected chi connectivity index (χ4v) is 16.6. The van der Waals surface area contributed by atoms with Crippen molar-refractivity contribution in [2.24, 2.45) is 7.05 Å². The summed E-state index contributed by atoms with van der Waals surface area (Å²) >= 11 is 0. The zero-order valence-electron chi connectivity index (χ0n) is 29.1. The van der Waals surface area contributed by atoms with Gasteiger partial charge in [0.05, 0.1) is 19.4 Å². The van der Waals surface area contributed by atoms with E-state index >= 15 is 0 Å². The molecule has 1 aromatic heterocycles. The predicted molar refractivity (Wildman–Crippen MR) is 201 cm³/mol. The minimum Gasteiger partial charge on any atom is -0.376 e. The molecule has 3 unspecified atom stereocenters. The minimum atomic E-state index is -2.20. The van der Waals surface area contributed by atoms with Crippen LogP contribution < -0.4 is 0 Å².